The second kappa shape index (κ2) is 9.16. The minimum absolute atomic E-state index is 0.149. The molecule has 162 valence electrons. The number of halogens is 1. The van der Waals surface area contributed by atoms with Crippen LogP contribution in [0.15, 0.2) is 48.5 Å². The molecular weight excluding hydrogens is 399 g/mol. The topological polar surface area (TPSA) is 90.5 Å². The van der Waals surface area contributed by atoms with Crippen LogP contribution in [0.25, 0.3) is 0 Å². The van der Waals surface area contributed by atoms with E-state index in [1.54, 1.807) is 29.2 Å². The Morgan fingerprint density at radius 1 is 0.871 bits per heavy atom. The number of hydrogen-bond donors (Lipinski definition) is 3. The van der Waals surface area contributed by atoms with E-state index in [0.29, 0.717) is 36.4 Å². The number of amides is 4. The van der Waals surface area contributed by atoms with Crippen LogP contribution >= 0.6 is 0 Å². The number of likely N-dealkylation sites (tertiary alicyclic amines) is 1. The number of benzene rings is 2. The van der Waals surface area contributed by atoms with Crippen molar-refractivity contribution in [2.45, 2.75) is 31.7 Å². The van der Waals surface area contributed by atoms with Crippen LogP contribution in [0.5, 0.6) is 0 Å². The summed E-state index contributed by atoms with van der Waals surface area (Å²) in [5, 5.41) is 8.50. The molecular formula is C23H25FN4O3. The van der Waals surface area contributed by atoms with Crippen LogP contribution in [0.1, 0.15) is 36.0 Å². The van der Waals surface area contributed by atoms with E-state index in [9.17, 15) is 18.8 Å². The van der Waals surface area contributed by atoms with Gasteiger partial charge in [0.15, 0.2) is 0 Å². The Labute approximate surface area is 180 Å². The van der Waals surface area contributed by atoms with Crippen molar-refractivity contribution in [1.29, 1.82) is 0 Å². The van der Waals surface area contributed by atoms with Crippen molar-refractivity contribution < 1.29 is 18.8 Å². The van der Waals surface area contributed by atoms with Gasteiger partial charge in [-0.2, -0.15) is 0 Å². The normalized spacial score (nSPS) is 18.2. The van der Waals surface area contributed by atoms with Gasteiger partial charge in [-0.3, -0.25) is 9.59 Å². The number of nitrogens with zero attached hydrogens (tertiary/aromatic N) is 1. The fourth-order valence-corrected chi connectivity index (χ4v) is 3.61. The summed E-state index contributed by atoms with van der Waals surface area (Å²) >= 11 is 0. The highest BCUT2D eigenvalue weighted by Crippen LogP contribution is 2.22. The Morgan fingerprint density at radius 2 is 1.52 bits per heavy atom. The summed E-state index contributed by atoms with van der Waals surface area (Å²) in [4.78, 5) is 38.8. The van der Waals surface area contributed by atoms with Gasteiger partial charge in [-0.1, -0.05) is 0 Å². The highest BCUT2D eigenvalue weighted by atomic mass is 19.1. The van der Waals surface area contributed by atoms with Gasteiger partial charge in [0, 0.05) is 36.1 Å². The lowest BCUT2D eigenvalue weighted by Gasteiger charge is -2.32. The lowest BCUT2D eigenvalue weighted by Crippen LogP contribution is -2.43. The number of carbonyl (C=O) groups excluding carboxylic acids is 3. The molecule has 0 bridgehead atoms. The Morgan fingerprint density at radius 3 is 2.16 bits per heavy atom. The first-order chi connectivity index (χ1) is 15.0. The van der Waals surface area contributed by atoms with Gasteiger partial charge in [0.2, 0.25) is 5.91 Å². The number of rotatable bonds is 5. The first-order valence-electron chi connectivity index (χ1n) is 10.5. The molecule has 1 unspecified atom stereocenters. The van der Waals surface area contributed by atoms with Gasteiger partial charge < -0.3 is 20.9 Å². The Balaban J connectivity index is 1.30. The Hall–Kier alpha value is -3.42. The SMILES string of the molecule is O=C(Nc1ccc(NC(=O)C2CCCN(C(=O)c3ccc(F)cc3)C2)cc1)NC1CC1. The maximum absolute atomic E-state index is 13.1. The average Bonchev–Trinajstić information content (AvgIpc) is 3.59. The molecule has 1 aliphatic heterocycles. The van der Waals surface area contributed by atoms with E-state index in [-0.39, 0.29) is 29.8 Å². The van der Waals surface area contributed by atoms with E-state index in [1.165, 1.54) is 24.3 Å². The molecule has 1 saturated carbocycles. The summed E-state index contributed by atoms with van der Waals surface area (Å²) < 4.78 is 13.1. The molecule has 31 heavy (non-hydrogen) atoms. The van der Waals surface area contributed by atoms with Gasteiger partial charge in [-0.05, 0) is 74.2 Å². The van der Waals surface area contributed by atoms with Crippen LogP contribution in [0, 0.1) is 11.7 Å². The molecule has 3 N–H and O–H groups in total. The highest BCUT2D eigenvalue weighted by Gasteiger charge is 2.29. The lowest BCUT2D eigenvalue weighted by molar-refractivity contribution is -0.121. The molecule has 8 heteroatoms. The number of nitrogens with one attached hydrogen (secondary N) is 3. The predicted molar refractivity (Wildman–Crippen MR) is 115 cm³/mol. The maximum atomic E-state index is 13.1. The average molecular weight is 424 g/mol. The van der Waals surface area contributed by atoms with Gasteiger partial charge in [0.25, 0.3) is 5.91 Å². The predicted octanol–water partition coefficient (Wildman–Crippen LogP) is 3.60. The summed E-state index contributed by atoms with van der Waals surface area (Å²) in [6, 6.07) is 12.4. The van der Waals surface area contributed by atoms with E-state index < -0.39 is 5.82 Å². The van der Waals surface area contributed by atoms with Gasteiger partial charge in [-0.15, -0.1) is 0 Å². The van der Waals surface area contributed by atoms with Crippen molar-refractivity contribution in [2.24, 2.45) is 5.92 Å². The standard InChI is InChI=1S/C23H25FN4O3/c24-17-5-3-15(4-6-17)22(30)28-13-1-2-16(14-28)21(29)25-18-7-9-19(10-8-18)26-23(31)27-20-11-12-20/h3-10,16,20H,1-2,11-14H2,(H,25,29)(H2,26,27,31). The molecule has 2 aromatic carbocycles. The number of carbonyl (C=O) groups is 3. The molecule has 1 saturated heterocycles. The first-order valence-corrected chi connectivity index (χ1v) is 10.5. The van der Waals surface area contributed by atoms with E-state index in [0.717, 1.165) is 19.3 Å². The molecule has 2 aliphatic rings. The number of piperidine rings is 1. The summed E-state index contributed by atoms with van der Waals surface area (Å²) in [6.45, 7) is 0.895. The minimum Gasteiger partial charge on any atom is -0.338 e. The van der Waals surface area contributed by atoms with Gasteiger partial charge in [-0.25, -0.2) is 9.18 Å². The molecule has 7 nitrogen and oxygen atoms in total. The smallest absolute Gasteiger partial charge is 0.319 e. The van der Waals surface area contributed by atoms with Crippen molar-refractivity contribution in [3.05, 3.63) is 59.9 Å². The van der Waals surface area contributed by atoms with Crippen molar-refractivity contribution in [2.75, 3.05) is 23.7 Å². The van der Waals surface area contributed by atoms with Crippen LogP contribution in [-0.4, -0.2) is 41.9 Å². The molecule has 1 heterocycles. The molecule has 0 aromatic heterocycles. The van der Waals surface area contributed by atoms with Crippen LogP contribution in [-0.2, 0) is 4.79 Å². The van der Waals surface area contributed by atoms with Crippen LogP contribution in [0.4, 0.5) is 20.6 Å². The fourth-order valence-electron chi connectivity index (χ4n) is 3.61. The second-order valence-corrected chi connectivity index (χ2v) is 8.04. The highest BCUT2D eigenvalue weighted by molar-refractivity contribution is 5.96. The van der Waals surface area contributed by atoms with Crippen molar-refractivity contribution >= 4 is 29.2 Å². The molecule has 0 radical (unpaired) electrons. The van der Waals surface area contributed by atoms with E-state index in [2.05, 4.69) is 16.0 Å². The van der Waals surface area contributed by atoms with Crippen molar-refractivity contribution in [3.8, 4) is 0 Å². The van der Waals surface area contributed by atoms with E-state index >= 15 is 0 Å². The van der Waals surface area contributed by atoms with Crippen molar-refractivity contribution in [1.82, 2.24) is 10.2 Å². The molecule has 4 amide bonds. The first kappa shape index (κ1) is 20.8. The second-order valence-electron chi connectivity index (χ2n) is 8.04. The third-order valence-corrected chi connectivity index (χ3v) is 5.49. The molecule has 4 rings (SSSR count). The third-order valence-electron chi connectivity index (χ3n) is 5.49. The lowest BCUT2D eigenvalue weighted by atomic mass is 9.96. The summed E-state index contributed by atoms with van der Waals surface area (Å²) in [5.41, 5.74) is 1.68. The summed E-state index contributed by atoms with van der Waals surface area (Å²) in [7, 11) is 0. The number of urea groups is 1. The van der Waals surface area contributed by atoms with Crippen LogP contribution in [0.3, 0.4) is 0 Å². The maximum Gasteiger partial charge on any atom is 0.319 e. The molecule has 1 atom stereocenters. The van der Waals surface area contributed by atoms with E-state index in [4.69, 9.17) is 0 Å². The molecule has 1 aliphatic carbocycles. The molecule has 2 aromatic rings. The quantitative estimate of drug-likeness (QED) is 0.685. The fraction of sp³-hybridized carbons (Fsp3) is 0.348. The van der Waals surface area contributed by atoms with Crippen LogP contribution in [0.2, 0.25) is 0 Å². The summed E-state index contributed by atoms with van der Waals surface area (Å²) in [5.74, 6) is -1.06. The van der Waals surface area contributed by atoms with Crippen molar-refractivity contribution in [3.63, 3.8) is 0 Å². The van der Waals surface area contributed by atoms with Gasteiger partial charge >= 0.3 is 6.03 Å². The van der Waals surface area contributed by atoms with Crippen LogP contribution < -0.4 is 16.0 Å². The minimum atomic E-state index is -0.391. The monoisotopic (exact) mass is 424 g/mol. The summed E-state index contributed by atoms with van der Waals surface area (Å²) in [6.07, 6.45) is 3.46. The number of hydrogen-bond acceptors (Lipinski definition) is 3. The largest absolute Gasteiger partial charge is 0.338 e. The Kier molecular flexibility index (Phi) is 6.16. The number of anilines is 2. The third kappa shape index (κ3) is 5.59. The molecule has 0 spiro atoms. The zero-order valence-corrected chi connectivity index (χ0v) is 17.1. The molecule has 2 fully saturated rings. The Bertz CT molecular complexity index is 958. The van der Waals surface area contributed by atoms with Gasteiger partial charge in [0.05, 0.1) is 5.92 Å². The van der Waals surface area contributed by atoms with E-state index in [1.807, 2.05) is 0 Å². The van der Waals surface area contributed by atoms with Gasteiger partial charge in [0.1, 0.15) is 5.82 Å². The zero-order chi connectivity index (χ0) is 21.8. The zero-order valence-electron chi connectivity index (χ0n) is 17.1.